The molecule has 6 heteroatoms. The highest BCUT2D eigenvalue weighted by atomic mass is 127. The zero-order valence-electron chi connectivity index (χ0n) is 10.9. The number of nitrogens with one attached hydrogen (secondary N) is 1. The van der Waals surface area contributed by atoms with Crippen LogP contribution in [0.1, 0.15) is 19.3 Å². The van der Waals surface area contributed by atoms with E-state index in [1.165, 1.54) is 19.3 Å². The minimum Gasteiger partial charge on any atom is -0.383 e. The lowest BCUT2D eigenvalue weighted by atomic mass is 10.0. The van der Waals surface area contributed by atoms with Gasteiger partial charge >= 0.3 is 0 Å². The van der Waals surface area contributed by atoms with E-state index in [-0.39, 0.29) is 10.6 Å². The topological polar surface area (TPSA) is 58.4 Å². The molecule has 1 heterocycles. The Labute approximate surface area is 126 Å². The van der Waals surface area contributed by atoms with Gasteiger partial charge in [-0.2, -0.15) is 0 Å². The van der Waals surface area contributed by atoms with E-state index in [9.17, 15) is 10.1 Å². The number of piperidine rings is 1. The van der Waals surface area contributed by atoms with Gasteiger partial charge in [-0.3, -0.25) is 10.1 Å². The van der Waals surface area contributed by atoms with Crippen LogP contribution in [0.5, 0.6) is 0 Å². The second-order valence-electron chi connectivity index (χ2n) is 4.93. The molecule has 1 aliphatic heterocycles. The van der Waals surface area contributed by atoms with Crippen molar-refractivity contribution in [3.8, 4) is 0 Å². The Hall–Kier alpha value is -0.890. The van der Waals surface area contributed by atoms with E-state index in [0.717, 1.165) is 22.3 Å². The van der Waals surface area contributed by atoms with Crippen LogP contribution in [0, 0.1) is 13.7 Å². The summed E-state index contributed by atoms with van der Waals surface area (Å²) >= 11 is 2.14. The Kier molecular flexibility index (Phi) is 4.98. The fourth-order valence-electron chi connectivity index (χ4n) is 2.39. The zero-order chi connectivity index (χ0) is 13.8. The lowest BCUT2D eigenvalue weighted by molar-refractivity contribution is -0.384. The quantitative estimate of drug-likeness (QED) is 0.499. The van der Waals surface area contributed by atoms with E-state index in [4.69, 9.17) is 0 Å². The summed E-state index contributed by atoms with van der Waals surface area (Å²) in [6.45, 7) is 2.05. The molecule has 0 radical (unpaired) electrons. The van der Waals surface area contributed by atoms with Crippen LogP contribution in [0.3, 0.4) is 0 Å². The molecule has 1 unspecified atom stereocenters. The monoisotopic (exact) mass is 375 g/mol. The number of hydrogen-bond donors (Lipinski definition) is 1. The molecule has 0 saturated carbocycles. The molecule has 1 aromatic carbocycles. The third kappa shape index (κ3) is 3.79. The van der Waals surface area contributed by atoms with Crippen molar-refractivity contribution in [2.45, 2.75) is 25.3 Å². The summed E-state index contributed by atoms with van der Waals surface area (Å²) in [5, 5.41) is 14.1. The first-order valence-electron chi connectivity index (χ1n) is 6.46. The highest BCUT2D eigenvalue weighted by Crippen LogP contribution is 2.24. The molecule has 19 heavy (non-hydrogen) atoms. The summed E-state index contributed by atoms with van der Waals surface area (Å²) in [6.07, 6.45) is 3.78. The van der Waals surface area contributed by atoms with Crippen molar-refractivity contribution in [3.05, 3.63) is 31.9 Å². The van der Waals surface area contributed by atoms with Gasteiger partial charge in [-0.25, -0.2) is 0 Å². The Bertz CT molecular complexity index is 467. The Morgan fingerprint density at radius 3 is 2.95 bits per heavy atom. The van der Waals surface area contributed by atoms with Crippen LogP contribution < -0.4 is 5.32 Å². The molecule has 1 saturated heterocycles. The molecule has 1 fully saturated rings. The number of likely N-dealkylation sites (N-methyl/N-ethyl adjacent to an activating group) is 1. The molecule has 1 aromatic rings. The minimum absolute atomic E-state index is 0.143. The minimum atomic E-state index is -0.360. The van der Waals surface area contributed by atoms with Crippen molar-refractivity contribution in [1.29, 1.82) is 0 Å². The van der Waals surface area contributed by atoms with E-state index in [2.05, 4.69) is 39.9 Å². The summed E-state index contributed by atoms with van der Waals surface area (Å²) in [5.74, 6) is 0. The summed E-state index contributed by atoms with van der Waals surface area (Å²) in [4.78, 5) is 12.7. The van der Waals surface area contributed by atoms with Crippen LogP contribution >= 0.6 is 22.6 Å². The van der Waals surface area contributed by atoms with Crippen molar-refractivity contribution in [2.24, 2.45) is 0 Å². The number of anilines is 1. The van der Waals surface area contributed by atoms with Gasteiger partial charge in [0.1, 0.15) is 0 Å². The lowest BCUT2D eigenvalue weighted by Crippen LogP contribution is -2.40. The van der Waals surface area contributed by atoms with Gasteiger partial charge in [0.05, 0.1) is 4.92 Å². The standard InChI is InChI=1S/C13H18IN3O2/c1-16-7-3-2-4-11(16)9-15-13-6-5-10(17(18)19)8-12(13)14/h5-6,8,11,15H,2-4,7,9H2,1H3. The second-order valence-corrected chi connectivity index (χ2v) is 6.09. The smallest absolute Gasteiger partial charge is 0.270 e. The van der Waals surface area contributed by atoms with E-state index in [1.807, 2.05) is 0 Å². The third-order valence-electron chi connectivity index (χ3n) is 3.61. The summed E-state index contributed by atoms with van der Waals surface area (Å²) in [6, 6.07) is 5.51. The number of likely N-dealkylation sites (tertiary alicyclic amines) is 1. The highest BCUT2D eigenvalue weighted by molar-refractivity contribution is 14.1. The van der Waals surface area contributed by atoms with E-state index >= 15 is 0 Å². The first-order chi connectivity index (χ1) is 9.08. The Morgan fingerprint density at radius 1 is 1.53 bits per heavy atom. The molecule has 1 N–H and O–H groups in total. The maximum absolute atomic E-state index is 10.7. The first-order valence-corrected chi connectivity index (χ1v) is 7.54. The molecule has 1 atom stereocenters. The number of halogens is 1. The third-order valence-corrected chi connectivity index (χ3v) is 4.51. The molecule has 0 bridgehead atoms. The van der Waals surface area contributed by atoms with E-state index in [0.29, 0.717) is 6.04 Å². The van der Waals surface area contributed by atoms with Gasteiger partial charge in [0.15, 0.2) is 0 Å². The molecular weight excluding hydrogens is 357 g/mol. The largest absolute Gasteiger partial charge is 0.383 e. The van der Waals surface area contributed by atoms with Gasteiger partial charge in [0, 0.05) is 34.0 Å². The van der Waals surface area contributed by atoms with Gasteiger partial charge in [0.2, 0.25) is 0 Å². The van der Waals surface area contributed by atoms with E-state index in [1.54, 1.807) is 18.2 Å². The maximum atomic E-state index is 10.7. The molecule has 104 valence electrons. The normalized spacial score (nSPS) is 20.2. The first kappa shape index (κ1) is 14.5. The lowest BCUT2D eigenvalue weighted by Gasteiger charge is -2.32. The molecule has 0 amide bonds. The molecule has 0 aromatic heterocycles. The number of hydrogen-bond acceptors (Lipinski definition) is 4. The fraction of sp³-hybridized carbons (Fsp3) is 0.538. The molecular formula is C13H18IN3O2. The predicted molar refractivity (Wildman–Crippen MR) is 84.6 cm³/mol. The predicted octanol–water partition coefficient (Wildman–Crippen LogP) is 3.10. The van der Waals surface area contributed by atoms with Crippen LogP contribution in [0.2, 0.25) is 0 Å². The van der Waals surface area contributed by atoms with Crippen LogP contribution in [0.15, 0.2) is 18.2 Å². The number of nitro groups is 1. The SMILES string of the molecule is CN1CCCCC1CNc1ccc([N+](=O)[O-])cc1I. The van der Waals surface area contributed by atoms with Gasteiger partial charge in [0.25, 0.3) is 5.69 Å². The zero-order valence-corrected chi connectivity index (χ0v) is 13.1. The average molecular weight is 375 g/mol. The number of benzene rings is 1. The number of nitro benzene ring substituents is 1. The van der Waals surface area contributed by atoms with Crippen molar-refractivity contribution >= 4 is 34.0 Å². The van der Waals surface area contributed by atoms with Gasteiger partial charge in [-0.15, -0.1) is 0 Å². The number of rotatable bonds is 4. The van der Waals surface area contributed by atoms with Crippen molar-refractivity contribution in [1.82, 2.24) is 4.90 Å². The van der Waals surface area contributed by atoms with Gasteiger partial charge < -0.3 is 10.2 Å². The Morgan fingerprint density at radius 2 is 2.32 bits per heavy atom. The highest BCUT2D eigenvalue weighted by Gasteiger charge is 2.18. The van der Waals surface area contributed by atoms with Crippen molar-refractivity contribution in [3.63, 3.8) is 0 Å². The maximum Gasteiger partial charge on any atom is 0.270 e. The van der Waals surface area contributed by atoms with Crippen LogP contribution in [0.25, 0.3) is 0 Å². The summed E-state index contributed by atoms with van der Waals surface area (Å²) < 4.78 is 0.894. The Balaban J connectivity index is 1.97. The molecule has 0 spiro atoms. The van der Waals surface area contributed by atoms with E-state index < -0.39 is 0 Å². The molecule has 2 rings (SSSR count). The van der Waals surface area contributed by atoms with Crippen LogP contribution in [-0.2, 0) is 0 Å². The van der Waals surface area contributed by atoms with Gasteiger partial charge in [-0.05, 0) is 55.1 Å². The molecule has 0 aliphatic carbocycles. The number of nitrogens with zero attached hydrogens (tertiary/aromatic N) is 2. The number of non-ortho nitro benzene ring substituents is 1. The van der Waals surface area contributed by atoms with Crippen LogP contribution in [-0.4, -0.2) is 36.0 Å². The average Bonchev–Trinajstić information content (AvgIpc) is 2.39. The van der Waals surface area contributed by atoms with Crippen LogP contribution in [0.4, 0.5) is 11.4 Å². The second kappa shape index (κ2) is 6.51. The fourth-order valence-corrected chi connectivity index (χ4v) is 3.08. The van der Waals surface area contributed by atoms with Crippen molar-refractivity contribution < 1.29 is 4.92 Å². The molecule has 1 aliphatic rings. The summed E-state index contributed by atoms with van der Waals surface area (Å²) in [5.41, 5.74) is 1.12. The van der Waals surface area contributed by atoms with Gasteiger partial charge in [-0.1, -0.05) is 6.42 Å². The molecule has 5 nitrogen and oxygen atoms in total. The van der Waals surface area contributed by atoms with Crippen molar-refractivity contribution in [2.75, 3.05) is 25.5 Å². The summed E-state index contributed by atoms with van der Waals surface area (Å²) in [7, 11) is 2.16.